The smallest absolute Gasteiger partial charge is 0.275 e. The van der Waals surface area contributed by atoms with Gasteiger partial charge in [-0.2, -0.15) is 0 Å². The Hall–Kier alpha value is -0.580. The van der Waals surface area contributed by atoms with Crippen molar-refractivity contribution in [3.8, 4) is 0 Å². The lowest BCUT2D eigenvalue weighted by Gasteiger charge is -2.01. The Balaban J connectivity index is 2.87. The zero-order valence-electron chi connectivity index (χ0n) is 8.13. The van der Waals surface area contributed by atoms with Crippen LogP contribution in [0.15, 0.2) is 6.07 Å². The number of nitrogens with one attached hydrogen (secondary N) is 1. The topological polar surface area (TPSA) is 55.1 Å². The highest BCUT2D eigenvalue weighted by atomic mass is 35.5. The van der Waals surface area contributed by atoms with Crippen LogP contribution in [0.4, 0.5) is 0 Å². The van der Waals surface area contributed by atoms with Gasteiger partial charge in [-0.15, -0.1) is 11.3 Å². The number of hydrogen-bond acceptors (Lipinski definition) is 3. The summed E-state index contributed by atoms with van der Waals surface area (Å²) in [4.78, 5) is 12.8. The monoisotopic (exact) mass is 232 g/mol. The standard InChI is InChI=1S/C9H13ClN2OS/c1-5(2)3-7-6(10)4-8(14-7)9(13)12-11/h4-5H,3,11H2,1-2H3,(H,12,13). The number of nitrogens with two attached hydrogens (primary N) is 1. The summed E-state index contributed by atoms with van der Waals surface area (Å²) in [6, 6.07) is 1.66. The quantitative estimate of drug-likeness (QED) is 0.477. The maximum atomic E-state index is 11.2. The van der Waals surface area contributed by atoms with Crippen LogP contribution >= 0.6 is 22.9 Å². The molecule has 1 aromatic heterocycles. The maximum absolute atomic E-state index is 11.2. The highest BCUT2D eigenvalue weighted by Gasteiger charge is 2.13. The van der Waals surface area contributed by atoms with Gasteiger partial charge in [-0.1, -0.05) is 25.4 Å². The van der Waals surface area contributed by atoms with Crippen molar-refractivity contribution in [2.45, 2.75) is 20.3 Å². The van der Waals surface area contributed by atoms with Gasteiger partial charge in [-0.25, -0.2) is 5.84 Å². The zero-order valence-corrected chi connectivity index (χ0v) is 9.71. The van der Waals surface area contributed by atoms with Gasteiger partial charge in [0.05, 0.1) is 9.90 Å². The lowest BCUT2D eigenvalue weighted by atomic mass is 10.1. The molecular formula is C9H13ClN2OS. The highest BCUT2D eigenvalue weighted by molar-refractivity contribution is 7.14. The van der Waals surface area contributed by atoms with Gasteiger partial charge < -0.3 is 0 Å². The molecule has 1 amide bonds. The van der Waals surface area contributed by atoms with Crippen LogP contribution in [0.25, 0.3) is 0 Å². The van der Waals surface area contributed by atoms with Gasteiger partial charge in [0.15, 0.2) is 0 Å². The second-order valence-electron chi connectivity index (χ2n) is 3.45. The van der Waals surface area contributed by atoms with E-state index in [-0.39, 0.29) is 5.91 Å². The maximum Gasteiger partial charge on any atom is 0.275 e. The summed E-state index contributed by atoms with van der Waals surface area (Å²) in [5.41, 5.74) is 2.09. The Morgan fingerprint density at radius 1 is 1.71 bits per heavy atom. The predicted molar refractivity (Wildman–Crippen MR) is 59.5 cm³/mol. The number of hydrazine groups is 1. The molecule has 3 nitrogen and oxygen atoms in total. The van der Waals surface area contributed by atoms with E-state index in [1.807, 2.05) is 0 Å². The minimum Gasteiger partial charge on any atom is -0.289 e. The van der Waals surface area contributed by atoms with Crippen LogP contribution in [-0.2, 0) is 6.42 Å². The number of thiophene rings is 1. The first kappa shape index (κ1) is 11.5. The Bertz CT molecular complexity index is 336. The summed E-state index contributed by atoms with van der Waals surface area (Å²) in [6.45, 7) is 4.22. The van der Waals surface area contributed by atoms with Crippen molar-refractivity contribution < 1.29 is 4.79 Å². The number of nitrogen functional groups attached to an aromatic ring is 1. The predicted octanol–water partition coefficient (Wildman–Crippen LogP) is 2.20. The molecule has 0 bridgehead atoms. The summed E-state index contributed by atoms with van der Waals surface area (Å²) in [5, 5.41) is 0.655. The molecule has 5 heteroatoms. The van der Waals surface area contributed by atoms with Crippen molar-refractivity contribution in [3.05, 3.63) is 20.8 Å². The van der Waals surface area contributed by atoms with Gasteiger partial charge in [0.25, 0.3) is 5.91 Å². The van der Waals surface area contributed by atoms with Crippen LogP contribution in [-0.4, -0.2) is 5.91 Å². The van der Waals surface area contributed by atoms with Crippen molar-refractivity contribution in [3.63, 3.8) is 0 Å². The molecular weight excluding hydrogens is 220 g/mol. The number of halogens is 1. The Morgan fingerprint density at radius 3 is 2.86 bits per heavy atom. The van der Waals surface area contributed by atoms with Gasteiger partial charge in [0.1, 0.15) is 0 Å². The summed E-state index contributed by atoms with van der Waals surface area (Å²) in [6.07, 6.45) is 0.890. The van der Waals surface area contributed by atoms with Crippen molar-refractivity contribution in [2.24, 2.45) is 11.8 Å². The number of rotatable bonds is 3. The molecule has 0 aliphatic carbocycles. The van der Waals surface area contributed by atoms with Crippen LogP contribution in [0, 0.1) is 5.92 Å². The average Bonchev–Trinajstić information content (AvgIpc) is 2.46. The Morgan fingerprint density at radius 2 is 2.36 bits per heavy atom. The van der Waals surface area contributed by atoms with Crippen LogP contribution in [0.3, 0.4) is 0 Å². The molecule has 1 aromatic rings. The van der Waals surface area contributed by atoms with Crippen molar-refractivity contribution >= 4 is 28.8 Å². The van der Waals surface area contributed by atoms with E-state index >= 15 is 0 Å². The molecule has 3 N–H and O–H groups in total. The Labute approximate surface area is 92.2 Å². The SMILES string of the molecule is CC(C)Cc1sc(C(=O)NN)cc1Cl. The van der Waals surface area contributed by atoms with Gasteiger partial charge in [0.2, 0.25) is 0 Å². The van der Waals surface area contributed by atoms with E-state index in [0.717, 1.165) is 11.3 Å². The van der Waals surface area contributed by atoms with Crippen molar-refractivity contribution in [2.75, 3.05) is 0 Å². The molecule has 0 saturated carbocycles. The molecule has 0 atom stereocenters. The average molecular weight is 233 g/mol. The lowest BCUT2D eigenvalue weighted by Crippen LogP contribution is -2.29. The second-order valence-corrected chi connectivity index (χ2v) is 5.00. The summed E-state index contributed by atoms with van der Waals surface area (Å²) < 4.78 is 0. The molecule has 0 fully saturated rings. The molecule has 1 heterocycles. The lowest BCUT2D eigenvalue weighted by molar-refractivity contribution is 0.0957. The normalized spacial score (nSPS) is 10.6. The fourth-order valence-corrected chi connectivity index (χ4v) is 2.63. The van der Waals surface area contributed by atoms with Crippen molar-refractivity contribution in [1.82, 2.24) is 5.43 Å². The van der Waals surface area contributed by atoms with E-state index in [9.17, 15) is 4.79 Å². The molecule has 0 aromatic carbocycles. The van der Waals surface area contributed by atoms with E-state index in [1.165, 1.54) is 11.3 Å². The number of hydrogen-bond donors (Lipinski definition) is 2. The van der Waals surface area contributed by atoms with E-state index in [4.69, 9.17) is 17.4 Å². The van der Waals surface area contributed by atoms with Crippen LogP contribution in [0.1, 0.15) is 28.4 Å². The first-order valence-corrected chi connectivity index (χ1v) is 5.53. The molecule has 14 heavy (non-hydrogen) atoms. The third-order valence-electron chi connectivity index (χ3n) is 1.71. The molecule has 0 aliphatic rings. The largest absolute Gasteiger partial charge is 0.289 e. The van der Waals surface area contributed by atoms with Gasteiger partial charge in [-0.3, -0.25) is 10.2 Å². The first-order valence-electron chi connectivity index (χ1n) is 4.33. The third kappa shape index (κ3) is 2.70. The minimum absolute atomic E-state index is 0.285. The first-order chi connectivity index (χ1) is 6.54. The molecule has 1 rings (SSSR count). The highest BCUT2D eigenvalue weighted by Crippen LogP contribution is 2.29. The Kier molecular flexibility index (Phi) is 3.92. The molecule has 0 spiro atoms. The van der Waals surface area contributed by atoms with Crippen LogP contribution in [0.5, 0.6) is 0 Å². The van der Waals surface area contributed by atoms with E-state index in [0.29, 0.717) is 15.8 Å². The number of carbonyl (C=O) groups excluding carboxylic acids is 1. The summed E-state index contributed by atoms with van der Waals surface area (Å²) in [7, 11) is 0. The summed E-state index contributed by atoms with van der Waals surface area (Å²) >= 11 is 7.38. The van der Waals surface area contributed by atoms with Crippen LogP contribution in [0.2, 0.25) is 5.02 Å². The fraction of sp³-hybridized carbons (Fsp3) is 0.444. The third-order valence-corrected chi connectivity index (χ3v) is 3.31. The molecule has 0 unspecified atom stereocenters. The fourth-order valence-electron chi connectivity index (χ4n) is 1.10. The molecule has 0 radical (unpaired) electrons. The number of amides is 1. The van der Waals surface area contributed by atoms with Gasteiger partial charge >= 0.3 is 0 Å². The van der Waals surface area contributed by atoms with Crippen LogP contribution < -0.4 is 11.3 Å². The molecule has 0 saturated heterocycles. The van der Waals surface area contributed by atoms with Gasteiger partial charge in [0, 0.05) is 4.88 Å². The summed E-state index contributed by atoms with van der Waals surface area (Å²) in [5.74, 6) is 5.27. The molecule has 78 valence electrons. The minimum atomic E-state index is -0.285. The number of carbonyl (C=O) groups is 1. The van der Waals surface area contributed by atoms with E-state index < -0.39 is 0 Å². The van der Waals surface area contributed by atoms with E-state index in [1.54, 1.807) is 6.07 Å². The molecule has 0 aliphatic heterocycles. The van der Waals surface area contributed by atoms with E-state index in [2.05, 4.69) is 19.3 Å². The second kappa shape index (κ2) is 4.77. The van der Waals surface area contributed by atoms with Gasteiger partial charge in [-0.05, 0) is 18.4 Å². The van der Waals surface area contributed by atoms with Crippen molar-refractivity contribution in [1.29, 1.82) is 0 Å². The zero-order chi connectivity index (χ0) is 10.7.